The minimum absolute atomic E-state index is 0.0379. The molecule has 0 atom stereocenters. The van der Waals surface area contributed by atoms with Crippen molar-refractivity contribution in [3.05, 3.63) is 74.9 Å². The predicted octanol–water partition coefficient (Wildman–Crippen LogP) is 4.75. The average Bonchev–Trinajstić information content (AvgIpc) is 2.46. The third kappa shape index (κ3) is 4.03. The third-order valence-electron chi connectivity index (χ3n) is 2.94. The maximum atomic E-state index is 12.0. The van der Waals surface area contributed by atoms with Gasteiger partial charge in [0, 0.05) is 9.13 Å². The Morgan fingerprint density at radius 2 is 1.68 bits per heavy atom. The zero-order valence-corrected chi connectivity index (χ0v) is 12.9. The van der Waals surface area contributed by atoms with Crippen molar-refractivity contribution in [1.82, 2.24) is 0 Å². The largest absolute Gasteiger partial charge is 0.289 e. The molecule has 0 radical (unpaired) electrons. The molecule has 0 aliphatic heterocycles. The van der Waals surface area contributed by atoms with Crippen molar-refractivity contribution in [3.63, 3.8) is 0 Å². The number of rotatable bonds is 4. The monoisotopic (exact) mass is 362 g/mol. The van der Waals surface area contributed by atoms with Crippen LogP contribution in [0.15, 0.2) is 54.6 Å². The highest BCUT2D eigenvalue weighted by Crippen LogP contribution is 2.10. The van der Waals surface area contributed by atoms with Crippen molar-refractivity contribution in [2.75, 3.05) is 0 Å². The Hall–Kier alpha value is -1.42. The van der Waals surface area contributed by atoms with E-state index in [9.17, 15) is 4.79 Å². The van der Waals surface area contributed by atoms with E-state index in [1.165, 1.54) is 5.56 Å². The van der Waals surface area contributed by atoms with E-state index in [4.69, 9.17) is 0 Å². The molecule has 19 heavy (non-hydrogen) atoms. The Kier molecular flexibility index (Phi) is 4.91. The molecule has 96 valence electrons. The molecule has 0 heterocycles. The van der Waals surface area contributed by atoms with Crippen LogP contribution in [0.2, 0.25) is 0 Å². The van der Waals surface area contributed by atoms with Crippen LogP contribution in [-0.2, 0) is 6.42 Å². The lowest BCUT2D eigenvalue weighted by Crippen LogP contribution is -1.93. The molecule has 2 aromatic carbocycles. The number of allylic oxidation sites excluding steroid dienone is 1. The SMILES string of the molecule is CCc1ccc(/C=C/C(=O)c2ccc(I)cc2)cc1. The standard InChI is InChI=1S/C17H15IO/c1-2-13-3-5-14(6-4-13)7-12-17(19)15-8-10-16(18)11-9-15/h3-12H,2H2,1H3/b12-7+. The molecular formula is C17H15IO. The molecule has 0 aliphatic carbocycles. The molecule has 2 rings (SSSR count). The molecule has 0 bridgehead atoms. The first-order chi connectivity index (χ1) is 9.19. The summed E-state index contributed by atoms with van der Waals surface area (Å²) < 4.78 is 1.13. The van der Waals surface area contributed by atoms with E-state index in [0.29, 0.717) is 0 Å². The lowest BCUT2D eigenvalue weighted by Gasteiger charge is -1.98. The summed E-state index contributed by atoms with van der Waals surface area (Å²) in [5, 5.41) is 0. The van der Waals surface area contributed by atoms with Crippen LogP contribution in [0.25, 0.3) is 6.08 Å². The van der Waals surface area contributed by atoms with Gasteiger partial charge in [0.15, 0.2) is 5.78 Å². The summed E-state index contributed by atoms with van der Waals surface area (Å²) in [7, 11) is 0. The number of benzene rings is 2. The van der Waals surface area contributed by atoms with Crippen molar-refractivity contribution in [2.45, 2.75) is 13.3 Å². The molecule has 0 saturated carbocycles. The van der Waals surface area contributed by atoms with Gasteiger partial charge < -0.3 is 0 Å². The van der Waals surface area contributed by atoms with Gasteiger partial charge in [0.25, 0.3) is 0 Å². The van der Waals surface area contributed by atoms with E-state index >= 15 is 0 Å². The second-order valence-electron chi connectivity index (χ2n) is 4.30. The molecular weight excluding hydrogens is 347 g/mol. The Morgan fingerprint density at radius 1 is 1.05 bits per heavy atom. The zero-order valence-electron chi connectivity index (χ0n) is 10.8. The van der Waals surface area contributed by atoms with E-state index in [0.717, 1.165) is 21.1 Å². The Labute approximate surface area is 127 Å². The summed E-state index contributed by atoms with van der Waals surface area (Å²) in [5.41, 5.74) is 3.08. The first-order valence-electron chi connectivity index (χ1n) is 6.26. The van der Waals surface area contributed by atoms with Gasteiger partial charge in [-0.1, -0.05) is 49.4 Å². The van der Waals surface area contributed by atoms with Crippen LogP contribution in [0.1, 0.15) is 28.4 Å². The molecule has 2 heteroatoms. The smallest absolute Gasteiger partial charge is 0.185 e. The summed E-state index contributed by atoms with van der Waals surface area (Å²) in [5.74, 6) is 0.0379. The molecule has 0 aliphatic rings. The van der Waals surface area contributed by atoms with Crippen molar-refractivity contribution >= 4 is 34.5 Å². The predicted molar refractivity (Wildman–Crippen MR) is 88.3 cm³/mol. The van der Waals surface area contributed by atoms with E-state index in [2.05, 4.69) is 41.6 Å². The van der Waals surface area contributed by atoms with Gasteiger partial charge in [0.2, 0.25) is 0 Å². The first kappa shape index (κ1) is 14.0. The summed E-state index contributed by atoms with van der Waals surface area (Å²) in [6.07, 6.45) is 4.52. The summed E-state index contributed by atoms with van der Waals surface area (Å²) >= 11 is 2.23. The van der Waals surface area contributed by atoms with Crippen LogP contribution in [-0.4, -0.2) is 5.78 Å². The average molecular weight is 362 g/mol. The lowest BCUT2D eigenvalue weighted by molar-refractivity contribution is 0.104. The number of hydrogen-bond donors (Lipinski definition) is 0. The fraction of sp³-hybridized carbons (Fsp3) is 0.118. The normalized spacial score (nSPS) is 10.8. The number of ketones is 1. The molecule has 0 spiro atoms. The van der Waals surface area contributed by atoms with Crippen LogP contribution in [0, 0.1) is 3.57 Å². The van der Waals surface area contributed by atoms with Gasteiger partial charge in [-0.25, -0.2) is 0 Å². The van der Waals surface area contributed by atoms with Crippen molar-refractivity contribution in [3.8, 4) is 0 Å². The topological polar surface area (TPSA) is 17.1 Å². The summed E-state index contributed by atoms with van der Waals surface area (Å²) in [6, 6.07) is 15.9. The molecule has 0 amide bonds. The minimum Gasteiger partial charge on any atom is -0.289 e. The van der Waals surface area contributed by atoms with Crippen molar-refractivity contribution < 1.29 is 4.79 Å². The highest BCUT2D eigenvalue weighted by Gasteiger charge is 2.00. The first-order valence-corrected chi connectivity index (χ1v) is 7.34. The van der Waals surface area contributed by atoms with Gasteiger partial charge in [-0.3, -0.25) is 4.79 Å². The van der Waals surface area contributed by atoms with Crippen LogP contribution in [0.3, 0.4) is 0 Å². The summed E-state index contributed by atoms with van der Waals surface area (Å²) in [6.45, 7) is 2.13. The zero-order chi connectivity index (χ0) is 13.7. The van der Waals surface area contributed by atoms with Crippen LogP contribution in [0.4, 0.5) is 0 Å². The van der Waals surface area contributed by atoms with E-state index in [1.54, 1.807) is 6.08 Å². The van der Waals surface area contributed by atoms with Crippen molar-refractivity contribution in [1.29, 1.82) is 0 Å². The number of carbonyl (C=O) groups excluding carboxylic acids is 1. The molecule has 0 fully saturated rings. The third-order valence-corrected chi connectivity index (χ3v) is 3.66. The highest BCUT2D eigenvalue weighted by atomic mass is 127. The van der Waals surface area contributed by atoms with Gasteiger partial charge in [0.1, 0.15) is 0 Å². The van der Waals surface area contributed by atoms with Crippen LogP contribution >= 0.6 is 22.6 Å². The maximum Gasteiger partial charge on any atom is 0.185 e. The quantitative estimate of drug-likeness (QED) is 0.436. The summed E-state index contributed by atoms with van der Waals surface area (Å²) in [4.78, 5) is 12.0. The fourth-order valence-corrected chi connectivity index (χ4v) is 2.11. The minimum atomic E-state index is 0.0379. The highest BCUT2D eigenvalue weighted by molar-refractivity contribution is 14.1. The second-order valence-corrected chi connectivity index (χ2v) is 5.55. The van der Waals surface area contributed by atoms with Gasteiger partial charge in [-0.05, 0) is 58.3 Å². The second kappa shape index (κ2) is 6.66. The van der Waals surface area contributed by atoms with Gasteiger partial charge in [-0.2, -0.15) is 0 Å². The Balaban J connectivity index is 2.08. The molecule has 1 nitrogen and oxygen atoms in total. The van der Waals surface area contributed by atoms with Crippen molar-refractivity contribution in [2.24, 2.45) is 0 Å². The number of hydrogen-bond acceptors (Lipinski definition) is 1. The molecule has 0 N–H and O–H groups in total. The number of halogens is 1. The Morgan fingerprint density at radius 3 is 2.26 bits per heavy atom. The lowest BCUT2D eigenvalue weighted by atomic mass is 10.1. The molecule has 0 unspecified atom stereocenters. The van der Waals surface area contributed by atoms with Gasteiger partial charge in [-0.15, -0.1) is 0 Å². The van der Waals surface area contributed by atoms with Gasteiger partial charge >= 0.3 is 0 Å². The van der Waals surface area contributed by atoms with Gasteiger partial charge in [0.05, 0.1) is 0 Å². The Bertz CT molecular complexity index is 580. The fourth-order valence-electron chi connectivity index (χ4n) is 1.75. The maximum absolute atomic E-state index is 12.0. The van der Waals surface area contributed by atoms with Crippen LogP contribution in [0.5, 0.6) is 0 Å². The molecule has 0 saturated heterocycles. The van der Waals surface area contributed by atoms with E-state index in [-0.39, 0.29) is 5.78 Å². The molecule has 0 aromatic heterocycles. The number of carbonyl (C=O) groups is 1. The molecule has 2 aromatic rings. The number of aryl methyl sites for hydroxylation is 1. The van der Waals surface area contributed by atoms with Crippen LogP contribution < -0.4 is 0 Å². The van der Waals surface area contributed by atoms with E-state index in [1.807, 2.05) is 42.5 Å². The van der Waals surface area contributed by atoms with E-state index < -0.39 is 0 Å².